The molecule has 0 saturated heterocycles. The minimum absolute atomic E-state index is 0.257. The van der Waals surface area contributed by atoms with Gasteiger partial charge in [-0.2, -0.15) is 5.10 Å². The molecule has 0 aliphatic rings. The van der Waals surface area contributed by atoms with E-state index in [0.717, 1.165) is 11.3 Å². The third-order valence-electron chi connectivity index (χ3n) is 2.36. The van der Waals surface area contributed by atoms with Crippen LogP contribution in [0.5, 0.6) is 5.88 Å². The molecule has 0 bridgehead atoms. The van der Waals surface area contributed by atoms with Gasteiger partial charge in [-0.1, -0.05) is 6.07 Å². The zero-order chi connectivity index (χ0) is 13.3. The minimum atomic E-state index is -3.58. The molecular weight excluding hydrogens is 274 g/mol. The molecule has 0 fully saturated rings. The third kappa shape index (κ3) is 2.21. The van der Waals surface area contributed by atoms with Crippen molar-refractivity contribution in [2.24, 2.45) is 7.05 Å². The van der Waals surface area contributed by atoms with Gasteiger partial charge in [-0.15, -0.1) is 11.3 Å². The summed E-state index contributed by atoms with van der Waals surface area (Å²) in [4.78, 5) is 0. The lowest BCUT2D eigenvalue weighted by Crippen LogP contribution is -2.12. The Balaban J connectivity index is 2.41. The van der Waals surface area contributed by atoms with Crippen LogP contribution in [-0.2, 0) is 17.1 Å². The first-order valence-electron chi connectivity index (χ1n) is 5.09. The van der Waals surface area contributed by atoms with Crippen molar-refractivity contribution in [3.8, 4) is 5.88 Å². The van der Waals surface area contributed by atoms with Crippen LogP contribution in [0.1, 0.15) is 5.69 Å². The molecule has 2 rings (SSSR count). The summed E-state index contributed by atoms with van der Waals surface area (Å²) in [6, 6.07) is 3.23. The largest absolute Gasteiger partial charge is 0.480 e. The Morgan fingerprint density at radius 1 is 1.50 bits per heavy atom. The van der Waals surface area contributed by atoms with Crippen LogP contribution in [0.15, 0.2) is 21.7 Å². The van der Waals surface area contributed by atoms with E-state index in [4.69, 9.17) is 4.74 Å². The van der Waals surface area contributed by atoms with Gasteiger partial charge in [0.15, 0.2) is 0 Å². The Morgan fingerprint density at radius 3 is 2.78 bits per heavy atom. The molecule has 0 saturated carbocycles. The number of nitrogens with zero attached hydrogens (tertiary/aromatic N) is 2. The van der Waals surface area contributed by atoms with E-state index in [-0.39, 0.29) is 4.21 Å². The quantitative estimate of drug-likeness (QED) is 0.927. The van der Waals surface area contributed by atoms with Gasteiger partial charge in [0.05, 0.1) is 12.8 Å². The number of sulfonamides is 1. The summed E-state index contributed by atoms with van der Waals surface area (Å²) in [5, 5.41) is 5.83. The number of hydrogen-bond donors (Lipinski definition) is 1. The highest BCUT2D eigenvalue weighted by Gasteiger charge is 2.22. The maximum absolute atomic E-state index is 12.1. The van der Waals surface area contributed by atoms with Crippen molar-refractivity contribution in [2.45, 2.75) is 11.1 Å². The molecule has 0 unspecified atom stereocenters. The van der Waals surface area contributed by atoms with Crippen LogP contribution in [0, 0.1) is 6.92 Å². The molecule has 18 heavy (non-hydrogen) atoms. The van der Waals surface area contributed by atoms with Gasteiger partial charge in [-0.25, -0.2) is 13.1 Å². The van der Waals surface area contributed by atoms with Gasteiger partial charge >= 0.3 is 0 Å². The van der Waals surface area contributed by atoms with E-state index in [9.17, 15) is 8.42 Å². The Labute approximate surface area is 109 Å². The summed E-state index contributed by atoms with van der Waals surface area (Å²) in [6.45, 7) is 1.72. The van der Waals surface area contributed by atoms with Gasteiger partial charge < -0.3 is 4.74 Å². The van der Waals surface area contributed by atoms with Gasteiger partial charge in [-0.3, -0.25) is 4.72 Å². The van der Waals surface area contributed by atoms with Crippen molar-refractivity contribution in [3.05, 3.63) is 23.2 Å². The molecule has 8 heteroatoms. The summed E-state index contributed by atoms with van der Waals surface area (Å²) in [7, 11) is -0.416. The lowest BCUT2D eigenvalue weighted by atomic mass is 10.4. The van der Waals surface area contributed by atoms with E-state index < -0.39 is 10.0 Å². The highest BCUT2D eigenvalue weighted by atomic mass is 32.2. The zero-order valence-corrected chi connectivity index (χ0v) is 11.8. The number of methoxy groups -OCH3 is 1. The molecule has 98 valence electrons. The second kappa shape index (κ2) is 4.62. The number of thiophene rings is 1. The number of hydrogen-bond acceptors (Lipinski definition) is 5. The van der Waals surface area contributed by atoms with E-state index in [1.54, 1.807) is 31.5 Å². The van der Waals surface area contributed by atoms with Crippen molar-refractivity contribution in [2.75, 3.05) is 11.8 Å². The maximum Gasteiger partial charge on any atom is 0.271 e. The van der Waals surface area contributed by atoms with Gasteiger partial charge in [0.2, 0.25) is 5.88 Å². The number of nitrogens with one attached hydrogen (secondary N) is 1. The number of anilines is 1. The van der Waals surface area contributed by atoms with E-state index in [1.807, 2.05) is 0 Å². The monoisotopic (exact) mass is 287 g/mol. The van der Waals surface area contributed by atoms with Crippen molar-refractivity contribution in [1.82, 2.24) is 9.78 Å². The summed E-state index contributed by atoms with van der Waals surface area (Å²) in [6.07, 6.45) is 0. The van der Waals surface area contributed by atoms with Gasteiger partial charge in [0.1, 0.15) is 9.90 Å². The smallest absolute Gasteiger partial charge is 0.271 e. The Kier molecular flexibility index (Phi) is 3.31. The number of aryl methyl sites for hydroxylation is 2. The van der Waals surface area contributed by atoms with E-state index in [2.05, 4.69) is 9.82 Å². The molecule has 6 nitrogen and oxygen atoms in total. The fourth-order valence-electron chi connectivity index (χ4n) is 1.59. The minimum Gasteiger partial charge on any atom is -0.480 e. The normalized spacial score (nSPS) is 11.5. The van der Waals surface area contributed by atoms with Crippen molar-refractivity contribution in [3.63, 3.8) is 0 Å². The summed E-state index contributed by atoms with van der Waals surface area (Å²) in [5.41, 5.74) is 0.933. The van der Waals surface area contributed by atoms with Gasteiger partial charge in [-0.05, 0) is 18.4 Å². The second-order valence-electron chi connectivity index (χ2n) is 3.63. The van der Waals surface area contributed by atoms with Crippen LogP contribution >= 0.6 is 11.3 Å². The van der Waals surface area contributed by atoms with E-state index in [1.165, 1.54) is 11.8 Å². The highest BCUT2D eigenvalue weighted by Crippen LogP contribution is 2.30. The Hall–Kier alpha value is -1.54. The average molecular weight is 287 g/mol. The van der Waals surface area contributed by atoms with Crippen LogP contribution < -0.4 is 9.46 Å². The van der Waals surface area contributed by atoms with Crippen LogP contribution in [0.3, 0.4) is 0 Å². The van der Waals surface area contributed by atoms with E-state index >= 15 is 0 Å². The lowest BCUT2D eigenvalue weighted by Gasteiger charge is -2.07. The number of aromatic nitrogens is 2. The predicted molar refractivity (Wildman–Crippen MR) is 69.6 cm³/mol. The fourth-order valence-corrected chi connectivity index (χ4v) is 3.70. The average Bonchev–Trinajstić information content (AvgIpc) is 2.89. The molecule has 0 aliphatic carbocycles. The highest BCUT2D eigenvalue weighted by molar-refractivity contribution is 7.94. The molecule has 2 aromatic rings. The molecule has 0 aliphatic heterocycles. The predicted octanol–water partition coefficient (Wildman–Crippen LogP) is 1.60. The summed E-state index contributed by atoms with van der Waals surface area (Å²) < 4.78 is 33.6. The third-order valence-corrected chi connectivity index (χ3v) is 5.11. The molecule has 0 spiro atoms. The van der Waals surface area contributed by atoms with Crippen LogP contribution in [0.2, 0.25) is 0 Å². The van der Waals surface area contributed by atoms with Crippen molar-refractivity contribution < 1.29 is 13.2 Å². The van der Waals surface area contributed by atoms with Crippen LogP contribution in [-0.4, -0.2) is 25.3 Å². The lowest BCUT2D eigenvalue weighted by molar-refractivity contribution is 0.375. The standard InChI is InChI=1S/C10H13N3O3S2/c1-7-9(10(16-3)13(2)11-7)12-18(14,15)8-5-4-6-17-8/h4-6,12H,1-3H3. The van der Waals surface area contributed by atoms with Crippen molar-refractivity contribution in [1.29, 1.82) is 0 Å². The molecule has 0 aromatic carbocycles. The van der Waals surface area contributed by atoms with Gasteiger partial charge in [0.25, 0.3) is 10.0 Å². The molecule has 0 radical (unpaired) electrons. The van der Waals surface area contributed by atoms with E-state index in [0.29, 0.717) is 17.3 Å². The molecule has 2 aromatic heterocycles. The Bertz CT molecular complexity index is 644. The first-order chi connectivity index (χ1) is 8.45. The zero-order valence-electron chi connectivity index (χ0n) is 10.2. The SMILES string of the molecule is COc1c(NS(=O)(=O)c2cccs2)c(C)nn1C. The molecular formula is C10H13N3O3S2. The topological polar surface area (TPSA) is 73.2 Å². The first-order valence-corrected chi connectivity index (χ1v) is 7.46. The second-order valence-corrected chi connectivity index (χ2v) is 6.49. The number of rotatable bonds is 4. The van der Waals surface area contributed by atoms with Gasteiger partial charge in [0, 0.05) is 7.05 Å². The molecule has 2 heterocycles. The van der Waals surface area contributed by atoms with Crippen LogP contribution in [0.25, 0.3) is 0 Å². The fraction of sp³-hybridized carbons (Fsp3) is 0.300. The van der Waals surface area contributed by atoms with Crippen molar-refractivity contribution >= 4 is 27.0 Å². The Morgan fingerprint density at radius 2 is 2.22 bits per heavy atom. The first kappa shape index (κ1) is 12.9. The molecule has 0 atom stereocenters. The maximum atomic E-state index is 12.1. The summed E-state index contributed by atoms with van der Waals surface area (Å²) >= 11 is 1.16. The summed E-state index contributed by atoms with van der Waals surface area (Å²) in [5.74, 6) is 0.382. The number of ether oxygens (including phenoxy) is 1. The van der Waals surface area contributed by atoms with Crippen LogP contribution in [0.4, 0.5) is 5.69 Å². The molecule has 1 N–H and O–H groups in total. The molecule has 0 amide bonds.